The number of nitrogens with zero attached hydrogens (tertiary/aromatic N) is 2. The molecule has 2 rings (SSSR count). The van der Waals surface area contributed by atoms with E-state index >= 15 is 0 Å². The third-order valence-electron chi connectivity index (χ3n) is 3.82. The largest absolute Gasteiger partial charge is 0.481 e. The summed E-state index contributed by atoms with van der Waals surface area (Å²) in [6, 6.07) is -1.89. The summed E-state index contributed by atoms with van der Waals surface area (Å²) in [5.41, 5.74) is 4.90. The fourth-order valence-corrected chi connectivity index (χ4v) is 2.27. The quantitative estimate of drug-likeness (QED) is 0.195. The lowest BCUT2D eigenvalue weighted by atomic mass is 10.2. The molecule has 0 bridgehead atoms. The Balaban J connectivity index is 1.78. The summed E-state index contributed by atoms with van der Waals surface area (Å²) in [7, 11) is 0. The monoisotopic (exact) mass is 383 g/mol. The van der Waals surface area contributed by atoms with Crippen molar-refractivity contribution in [1.29, 1.82) is 0 Å². The molecular formula is C14H21N7O6. The van der Waals surface area contributed by atoms with Gasteiger partial charge in [-0.1, -0.05) is 6.92 Å². The average Bonchev–Trinajstić information content (AvgIpc) is 3.22. The van der Waals surface area contributed by atoms with E-state index in [2.05, 4.69) is 31.8 Å². The highest BCUT2D eigenvalue weighted by Gasteiger charge is 2.40. The number of hydrogen-bond donors (Lipinski definition) is 6. The van der Waals surface area contributed by atoms with Gasteiger partial charge in [0.15, 0.2) is 0 Å². The Labute approximate surface area is 153 Å². The van der Waals surface area contributed by atoms with Crippen LogP contribution in [0.4, 0.5) is 4.79 Å². The summed E-state index contributed by atoms with van der Waals surface area (Å²) in [4.78, 5) is 63.2. The van der Waals surface area contributed by atoms with Crippen molar-refractivity contribution in [3.63, 3.8) is 0 Å². The zero-order valence-corrected chi connectivity index (χ0v) is 14.6. The fraction of sp³-hybridized carbons (Fsp3) is 0.571. The Morgan fingerprint density at radius 3 is 2.70 bits per heavy atom. The number of aliphatic imine (C=N–C) groups is 1. The third kappa shape index (κ3) is 5.55. The molecule has 0 saturated carbocycles. The summed E-state index contributed by atoms with van der Waals surface area (Å²) in [6.45, 7) is 1.95. The van der Waals surface area contributed by atoms with Gasteiger partial charge in [0.25, 0.3) is 5.91 Å². The summed E-state index contributed by atoms with van der Waals surface area (Å²) >= 11 is 0. The predicted octanol–water partition coefficient (Wildman–Crippen LogP) is -3.29. The van der Waals surface area contributed by atoms with Crippen LogP contribution in [0.5, 0.6) is 0 Å². The van der Waals surface area contributed by atoms with E-state index < -0.39 is 48.2 Å². The van der Waals surface area contributed by atoms with E-state index in [-0.39, 0.29) is 13.0 Å². The van der Waals surface area contributed by atoms with Crippen molar-refractivity contribution in [2.75, 3.05) is 26.2 Å². The van der Waals surface area contributed by atoms with Crippen LogP contribution in [0.1, 0.15) is 13.3 Å². The van der Waals surface area contributed by atoms with Crippen LogP contribution in [-0.4, -0.2) is 77.9 Å². The number of hydrazine groups is 1. The molecule has 27 heavy (non-hydrogen) atoms. The van der Waals surface area contributed by atoms with Crippen molar-refractivity contribution in [3.8, 4) is 0 Å². The number of nitrogens with one attached hydrogen (secondary N) is 5. The van der Waals surface area contributed by atoms with E-state index in [9.17, 15) is 24.0 Å². The summed E-state index contributed by atoms with van der Waals surface area (Å²) in [5.74, 6) is -3.43. The topological polar surface area (TPSA) is 181 Å². The lowest BCUT2D eigenvalue weighted by molar-refractivity contribution is -0.141. The molecule has 13 heteroatoms. The number of carbonyl (C=O) groups excluding carboxylic acids is 4. The third-order valence-corrected chi connectivity index (χ3v) is 3.82. The van der Waals surface area contributed by atoms with Crippen molar-refractivity contribution in [3.05, 3.63) is 0 Å². The molecule has 0 aliphatic carbocycles. The zero-order chi connectivity index (χ0) is 20.0. The van der Waals surface area contributed by atoms with Gasteiger partial charge in [-0.3, -0.25) is 39.9 Å². The van der Waals surface area contributed by atoms with Gasteiger partial charge in [-0.15, -0.1) is 0 Å². The first-order valence-electron chi connectivity index (χ1n) is 8.22. The first-order chi connectivity index (χ1) is 12.8. The lowest BCUT2D eigenvalue weighted by Gasteiger charge is -2.14. The van der Waals surface area contributed by atoms with Gasteiger partial charge < -0.3 is 21.1 Å². The molecule has 2 atom stereocenters. The van der Waals surface area contributed by atoms with Gasteiger partial charge in [0, 0.05) is 13.1 Å². The summed E-state index contributed by atoms with van der Waals surface area (Å²) < 4.78 is 0. The van der Waals surface area contributed by atoms with Crippen LogP contribution in [0.2, 0.25) is 0 Å². The maximum atomic E-state index is 12.2. The number of aliphatic carboxylic acids is 1. The molecule has 6 N–H and O–H groups in total. The van der Waals surface area contributed by atoms with Crippen LogP contribution in [-0.2, 0) is 19.2 Å². The number of carboxylic acids is 1. The van der Waals surface area contributed by atoms with Crippen molar-refractivity contribution in [2.24, 2.45) is 10.9 Å². The first kappa shape index (κ1) is 19.9. The van der Waals surface area contributed by atoms with Gasteiger partial charge >= 0.3 is 12.0 Å². The molecule has 13 nitrogen and oxygen atoms in total. The van der Waals surface area contributed by atoms with Crippen LogP contribution in [0.25, 0.3) is 0 Å². The number of urea groups is 1. The Hall–Kier alpha value is -3.38. The Morgan fingerprint density at radius 2 is 2.07 bits per heavy atom. The minimum absolute atomic E-state index is 0.132. The molecule has 0 radical (unpaired) electrons. The predicted molar refractivity (Wildman–Crippen MR) is 90.0 cm³/mol. The SMILES string of the molecule is C[C@@H](CNC(=O)CN1C(=O)N[C@@H](CC(=O)NNC2=NCCN2)C1=O)C(=O)O. The van der Waals surface area contributed by atoms with Gasteiger partial charge in [0.1, 0.15) is 12.6 Å². The fourth-order valence-electron chi connectivity index (χ4n) is 2.27. The molecular weight excluding hydrogens is 362 g/mol. The lowest BCUT2D eigenvalue weighted by Crippen LogP contribution is -2.48. The summed E-state index contributed by atoms with van der Waals surface area (Å²) in [6.07, 6.45) is -0.320. The van der Waals surface area contributed by atoms with Crippen molar-refractivity contribution in [2.45, 2.75) is 19.4 Å². The molecule has 148 valence electrons. The van der Waals surface area contributed by atoms with E-state index in [4.69, 9.17) is 5.11 Å². The van der Waals surface area contributed by atoms with Crippen LogP contribution in [0, 0.1) is 5.92 Å². The number of rotatable bonds is 7. The second-order valence-electron chi connectivity index (χ2n) is 6.00. The molecule has 5 amide bonds. The van der Waals surface area contributed by atoms with Gasteiger partial charge in [0.05, 0.1) is 18.9 Å². The Kier molecular flexibility index (Phi) is 6.51. The molecule has 0 aromatic heterocycles. The maximum absolute atomic E-state index is 12.2. The molecule has 1 saturated heterocycles. The van der Waals surface area contributed by atoms with Crippen molar-refractivity contribution >= 4 is 35.7 Å². The minimum Gasteiger partial charge on any atom is -0.481 e. The maximum Gasteiger partial charge on any atom is 0.325 e. The number of guanidine groups is 1. The highest BCUT2D eigenvalue weighted by molar-refractivity contribution is 6.07. The first-order valence-corrected chi connectivity index (χ1v) is 8.22. The van der Waals surface area contributed by atoms with Crippen LogP contribution < -0.4 is 26.8 Å². The second kappa shape index (κ2) is 8.82. The second-order valence-corrected chi connectivity index (χ2v) is 6.00. The minimum atomic E-state index is -1.09. The average molecular weight is 383 g/mol. The van der Waals surface area contributed by atoms with Gasteiger partial charge in [-0.25, -0.2) is 4.79 Å². The number of carbonyl (C=O) groups is 5. The van der Waals surface area contributed by atoms with Crippen LogP contribution in [0.3, 0.4) is 0 Å². The molecule has 0 spiro atoms. The van der Waals surface area contributed by atoms with Crippen LogP contribution in [0.15, 0.2) is 4.99 Å². The molecule has 2 heterocycles. The van der Waals surface area contributed by atoms with E-state index in [0.29, 0.717) is 23.9 Å². The summed E-state index contributed by atoms with van der Waals surface area (Å²) in [5, 5.41) is 16.3. The van der Waals surface area contributed by atoms with Crippen LogP contribution >= 0.6 is 0 Å². The number of hydrogen-bond acceptors (Lipinski definition) is 8. The molecule has 2 aliphatic rings. The smallest absolute Gasteiger partial charge is 0.325 e. The molecule has 1 fully saturated rings. The van der Waals surface area contributed by atoms with Crippen molar-refractivity contribution in [1.82, 2.24) is 31.7 Å². The Morgan fingerprint density at radius 1 is 1.33 bits per heavy atom. The van der Waals surface area contributed by atoms with E-state index in [1.165, 1.54) is 6.92 Å². The molecule has 0 unspecified atom stereocenters. The number of carboxylic acid groups (broad SMARTS) is 1. The van der Waals surface area contributed by atoms with E-state index in [1.807, 2.05) is 0 Å². The molecule has 0 aromatic rings. The van der Waals surface area contributed by atoms with E-state index in [0.717, 1.165) is 0 Å². The highest BCUT2D eigenvalue weighted by Crippen LogP contribution is 2.09. The standard InChI is InChI=1S/C14H21N7O6/c1-7(12(25)26)5-17-10(23)6-21-11(24)8(18-14(21)27)4-9(22)19-20-13-15-2-3-16-13/h7-8H,2-6H2,1H3,(H,17,23)(H,18,27)(H,19,22)(H,25,26)(H2,15,16,20)/t7-,8-/m0/s1. The number of amides is 5. The van der Waals surface area contributed by atoms with E-state index in [1.54, 1.807) is 0 Å². The Bertz CT molecular complexity index is 679. The zero-order valence-electron chi connectivity index (χ0n) is 14.6. The van der Waals surface area contributed by atoms with Gasteiger partial charge in [-0.2, -0.15) is 0 Å². The highest BCUT2D eigenvalue weighted by atomic mass is 16.4. The van der Waals surface area contributed by atoms with Gasteiger partial charge in [-0.05, 0) is 0 Å². The van der Waals surface area contributed by atoms with Gasteiger partial charge in [0.2, 0.25) is 17.8 Å². The van der Waals surface area contributed by atoms with Crippen molar-refractivity contribution < 1.29 is 29.1 Å². The number of imide groups is 1. The normalized spacial score (nSPS) is 19.7. The molecule has 2 aliphatic heterocycles. The molecule has 0 aromatic carbocycles.